The molecule has 0 unspecified atom stereocenters. The fourth-order valence-corrected chi connectivity index (χ4v) is 3.66. The van der Waals surface area contributed by atoms with Crippen LogP contribution in [0.2, 0.25) is 0 Å². The van der Waals surface area contributed by atoms with Crippen LogP contribution in [0.4, 0.5) is 0 Å². The summed E-state index contributed by atoms with van der Waals surface area (Å²) in [6.07, 6.45) is 0. The van der Waals surface area contributed by atoms with Crippen LogP contribution in [-0.2, 0) is 0 Å². The quantitative estimate of drug-likeness (QED) is 0.477. The molecule has 0 atom stereocenters. The molecule has 4 aromatic rings. The van der Waals surface area contributed by atoms with Gasteiger partial charge >= 0.3 is 18.9 Å². The molecule has 0 saturated carbocycles. The van der Waals surface area contributed by atoms with E-state index in [0.29, 0.717) is 0 Å². The Labute approximate surface area is 180 Å². The molecule has 0 amide bonds. The van der Waals surface area contributed by atoms with E-state index in [1.165, 1.54) is 0 Å². The van der Waals surface area contributed by atoms with E-state index in [0.717, 1.165) is 37.9 Å². The van der Waals surface area contributed by atoms with Crippen LogP contribution in [0, 0.1) is 0 Å². The molecule has 0 aliphatic heterocycles. The predicted octanol–water partition coefficient (Wildman–Crippen LogP) is 3.53. The Morgan fingerprint density at radius 3 is 1.44 bits per heavy atom. The first-order valence-electron chi connectivity index (χ1n) is 8.45. The summed E-state index contributed by atoms with van der Waals surface area (Å²) < 4.78 is 1.01. The van der Waals surface area contributed by atoms with E-state index in [9.17, 15) is 5.11 Å². The van der Waals surface area contributed by atoms with Gasteiger partial charge in [0.15, 0.2) is 0 Å². The number of halogens is 1. The van der Waals surface area contributed by atoms with Crippen molar-refractivity contribution >= 4 is 15.9 Å². The molecule has 0 N–H and O–H groups in total. The third kappa shape index (κ3) is 4.04. The molecule has 0 aliphatic rings. The van der Waals surface area contributed by atoms with Gasteiger partial charge in [-0.05, 0) is 51.6 Å². The summed E-state index contributed by atoms with van der Waals surface area (Å²) in [5.41, 5.74) is 5.40. The zero-order valence-corrected chi connectivity index (χ0v) is 16.6. The fourth-order valence-electron chi connectivity index (χ4n) is 3.14. The van der Waals surface area contributed by atoms with E-state index in [4.69, 9.17) is 0 Å². The van der Waals surface area contributed by atoms with Crippen molar-refractivity contribution in [3.05, 3.63) is 102 Å². The molecule has 0 heterocycles. The van der Waals surface area contributed by atoms with Crippen LogP contribution in [0.3, 0.4) is 0 Å². The number of hydrogen-bond donors (Lipinski definition) is 0. The van der Waals surface area contributed by atoms with Crippen LogP contribution < -0.4 is 24.0 Å². The van der Waals surface area contributed by atoms with Gasteiger partial charge in [-0.1, -0.05) is 101 Å². The third-order valence-corrected chi connectivity index (χ3v) is 5.13. The molecule has 0 fully saturated rings. The first kappa shape index (κ1) is 19.5. The minimum absolute atomic E-state index is 0. The van der Waals surface area contributed by atoms with Crippen molar-refractivity contribution in [2.45, 2.75) is 0 Å². The molecule has 0 radical (unpaired) electrons. The zero-order chi connectivity index (χ0) is 17.9. The second kappa shape index (κ2) is 8.63. The minimum Gasteiger partial charge on any atom is -0.872 e. The standard InChI is InChI=1S/C24H17BrO.Li/c25-23-14-8-7-13-20(23)19-15-21(17-9-3-1-4-10-17)24(26)22(16-19)18-11-5-2-6-12-18;/h1-16,26H;/q;+1/p-1. The van der Waals surface area contributed by atoms with E-state index in [1.807, 2.05) is 91.0 Å². The summed E-state index contributed by atoms with van der Waals surface area (Å²) in [5, 5.41) is 13.2. The van der Waals surface area contributed by atoms with Gasteiger partial charge in [-0.2, -0.15) is 0 Å². The molecule has 0 saturated heterocycles. The summed E-state index contributed by atoms with van der Waals surface area (Å²) in [4.78, 5) is 0. The Balaban J connectivity index is 0.00000210. The van der Waals surface area contributed by atoms with Gasteiger partial charge in [0.05, 0.1) is 0 Å². The second-order valence-electron chi connectivity index (χ2n) is 6.11. The van der Waals surface area contributed by atoms with Crippen LogP contribution in [-0.4, -0.2) is 0 Å². The molecule has 126 valence electrons. The Morgan fingerprint density at radius 2 is 0.963 bits per heavy atom. The van der Waals surface area contributed by atoms with Crippen molar-refractivity contribution in [1.29, 1.82) is 0 Å². The van der Waals surface area contributed by atoms with E-state index < -0.39 is 0 Å². The molecular weight excluding hydrogens is 391 g/mol. The van der Waals surface area contributed by atoms with Gasteiger partial charge in [-0.3, -0.25) is 0 Å². The fraction of sp³-hybridized carbons (Fsp3) is 0. The molecule has 4 rings (SSSR count). The molecular formula is C24H16BrLiO. The van der Waals surface area contributed by atoms with Crippen molar-refractivity contribution in [3.8, 4) is 39.1 Å². The predicted molar refractivity (Wildman–Crippen MR) is 110 cm³/mol. The zero-order valence-electron chi connectivity index (χ0n) is 15.0. The maximum absolute atomic E-state index is 13.2. The Hall–Kier alpha value is -2.24. The number of hydrogen-bond acceptors (Lipinski definition) is 1. The van der Waals surface area contributed by atoms with Crippen molar-refractivity contribution in [1.82, 2.24) is 0 Å². The molecule has 1 nitrogen and oxygen atoms in total. The summed E-state index contributed by atoms with van der Waals surface area (Å²) in [6, 6.07) is 31.8. The average molecular weight is 407 g/mol. The Bertz CT molecular complexity index is 986. The smallest absolute Gasteiger partial charge is 0.872 e. The second-order valence-corrected chi connectivity index (χ2v) is 6.97. The van der Waals surface area contributed by atoms with Crippen molar-refractivity contribution in [3.63, 3.8) is 0 Å². The normalized spacial score (nSPS) is 10.3. The van der Waals surface area contributed by atoms with E-state index in [1.54, 1.807) is 0 Å². The molecule has 3 heteroatoms. The van der Waals surface area contributed by atoms with Crippen LogP contribution >= 0.6 is 15.9 Å². The first-order chi connectivity index (χ1) is 12.7. The third-order valence-electron chi connectivity index (χ3n) is 4.44. The molecule has 0 aromatic heterocycles. The van der Waals surface area contributed by atoms with Crippen LogP contribution in [0.1, 0.15) is 0 Å². The van der Waals surface area contributed by atoms with Gasteiger partial charge in [-0.15, -0.1) is 0 Å². The van der Waals surface area contributed by atoms with Gasteiger partial charge in [0.2, 0.25) is 0 Å². The van der Waals surface area contributed by atoms with Gasteiger partial charge in [0.25, 0.3) is 0 Å². The Kier molecular flexibility index (Phi) is 6.24. The van der Waals surface area contributed by atoms with Gasteiger partial charge in [0.1, 0.15) is 0 Å². The molecule has 0 spiro atoms. The summed E-state index contributed by atoms with van der Waals surface area (Å²) in [7, 11) is 0. The summed E-state index contributed by atoms with van der Waals surface area (Å²) in [5.74, 6) is 0.0539. The van der Waals surface area contributed by atoms with Crippen molar-refractivity contribution in [2.24, 2.45) is 0 Å². The molecule has 4 aromatic carbocycles. The van der Waals surface area contributed by atoms with E-state index in [2.05, 4.69) is 22.0 Å². The van der Waals surface area contributed by atoms with E-state index >= 15 is 0 Å². The van der Waals surface area contributed by atoms with Crippen LogP contribution in [0.15, 0.2) is 102 Å². The van der Waals surface area contributed by atoms with Gasteiger partial charge in [-0.25, -0.2) is 0 Å². The van der Waals surface area contributed by atoms with E-state index in [-0.39, 0.29) is 24.6 Å². The Morgan fingerprint density at radius 1 is 0.519 bits per heavy atom. The van der Waals surface area contributed by atoms with Crippen molar-refractivity contribution < 1.29 is 24.0 Å². The first-order valence-corrected chi connectivity index (χ1v) is 9.24. The largest absolute Gasteiger partial charge is 1.00 e. The summed E-state index contributed by atoms with van der Waals surface area (Å²) in [6.45, 7) is 0. The van der Waals surface area contributed by atoms with Crippen LogP contribution in [0.5, 0.6) is 5.75 Å². The monoisotopic (exact) mass is 406 g/mol. The average Bonchev–Trinajstić information content (AvgIpc) is 2.70. The maximum Gasteiger partial charge on any atom is 1.00 e. The molecule has 27 heavy (non-hydrogen) atoms. The SMILES string of the molecule is [Li+].[O-]c1c(-c2ccccc2)cc(-c2ccccc2Br)cc1-c1ccccc1. The van der Waals surface area contributed by atoms with Gasteiger partial charge < -0.3 is 5.11 Å². The molecule has 0 aliphatic carbocycles. The topological polar surface area (TPSA) is 23.1 Å². The number of rotatable bonds is 3. The van der Waals surface area contributed by atoms with Crippen LogP contribution in [0.25, 0.3) is 33.4 Å². The summed E-state index contributed by atoms with van der Waals surface area (Å²) >= 11 is 3.64. The molecule has 0 bridgehead atoms. The van der Waals surface area contributed by atoms with Gasteiger partial charge in [0, 0.05) is 4.47 Å². The van der Waals surface area contributed by atoms with Crippen molar-refractivity contribution in [2.75, 3.05) is 0 Å². The minimum atomic E-state index is 0. The number of benzene rings is 4. The maximum atomic E-state index is 13.2.